The fourth-order valence-corrected chi connectivity index (χ4v) is 3.20. The van der Waals surface area contributed by atoms with E-state index >= 15 is 0 Å². The van der Waals surface area contributed by atoms with Gasteiger partial charge in [0.2, 0.25) is 0 Å². The second-order valence-electron chi connectivity index (χ2n) is 6.55. The predicted molar refractivity (Wildman–Crippen MR) is 112 cm³/mol. The lowest BCUT2D eigenvalue weighted by molar-refractivity contribution is -0.136. The molecule has 0 atom stereocenters. The van der Waals surface area contributed by atoms with Gasteiger partial charge in [0, 0.05) is 18.2 Å². The average molecular weight is 372 g/mol. The number of benzene rings is 3. The SMILES string of the molecule is CCc1ccccc1NC(=O)C(=O)NCC(c1ccccc1)c1ccccc1. The number of hydrogen-bond donors (Lipinski definition) is 2. The summed E-state index contributed by atoms with van der Waals surface area (Å²) in [5, 5.41) is 5.50. The van der Waals surface area contributed by atoms with Crippen LogP contribution >= 0.6 is 0 Å². The zero-order valence-electron chi connectivity index (χ0n) is 15.9. The van der Waals surface area contributed by atoms with Gasteiger partial charge >= 0.3 is 11.8 Å². The molecule has 3 aromatic rings. The van der Waals surface area contributed by atoms with Crippen molar-refractivity contribution in [3.05, 3.63) is 102 Å². The van der Waals surface area contributed by atoms with Crippen LogP contribution in [0.1, 0.15) is 29.5 Å². The van der Waals surface area contributed by atoms with Gasteiger partial charge in [0.15, 0.2) is 0 Å². The number of carbonyl (C=O) groups excluding carboxylic acids is 2. The molecule has 0 spiro atoms. The Labute approximate surface area is 165 Å². The van der Waals surface area contributed by atoms with Crippen LogP contribution in [-0.4, -0.2) is 18.4 Å². The molecule has 28 heavy (non-hydrogen) atoms. The number of para-hydroxylation sites is 1. The zero-order valence-corrected chi connectivity index (χ0v) is 15.9. The minimum Gasteiger partial charge on any atom is -0.347 e. The van der Waals surface area contributed by atoms with Crippen LogP contribution in [0.15, 0.2) is 84.9 Å². The Morgan fingerprint density at radius 3 is 1.86 bits per heavy atom. The third kappa shape index (κ3) is 4.86. The fourth-order valence-electron chi connectivity index (χ4n) is 3.20. The Morgan fingerprint density at radius 2 is 1.29 bits per heavy atom. The summed E-state index contributed by atoms with van der Waals surface area (Å²) in [6, 6.07) is 27.4. The smallest absolute Gasteiger partial charge is 0.313 e. The molecule has 0 unspecified atom stereocenters. The van der Waals surface area contributed by atoms with Gasteiger partial charge in [-0.2, -0.15) is 0 Å². The first-order chi connectivity index (χ1) is 13.7. The average Bonchev–Trinajstić information content (AvgIpc) is 2.75. The molecule has 3 rings (SSSR count). The Bertz CT molecular complexity index is 884. The standard InChI is InChI=1S/C24H24N2O2/c1-2-18-11-9-10-16-22(18)26-24(28)23(27)25-17-21(19-12-5-3-6-13-19)20-14-7-4-8-15-20/h3-16,21H,2,17H2,1H3,(H,25,27)(H,26,28). The maximum atomic E-state index is 12.4. The van der Waals surface area contributed by atoms with E-state index in [0.29, 0.717) is 12.2 Å². The molecule has 2 amide bonds. The van der Waals surface area contributed by atoms with E-state index in [1.165, 1.54) is 0 Å². The van der Waals surface area contributed by atoms with Gasteiger partial charge in [0.25, 0.3) is 0 Å². The summed E-state index contributed by atoms with van der Waals surface area (Å²) < 4.78 is 0. The first-order valence-electron chi connectivity index (χ1n) is 9.46. The van der Waals surface area contributed by atoms with Crippen LogP contribution in [0.4, 0.5) is 5.69 Å². The summed E-state index contributed by atoms with van der Waals surface area (Å²) in [6.07, 6.45) is 0.780. The largest absolute Gasteiger partial charge is 0.347 e. The van der Waals surface area contributed by atoms with Gasteiger partial charge in [-0.3, -0.25) is 9.59 Å². The number of rotatable bonds is 6. The molecule has 2 N–H and O–H groups in total. The highest BCUT2D eigenvalue weighted by atomic mass is 16.2. The van der Waals surface area contributed by atoms with Gasteiger partial charge in [-0.25, -0.2) is 0 Å². The normalized spacial score (nSPS) is 10.5. The lowest BCUT2D eigenvalue weighted by Gasteiger charge is -2.19. The van der Waals surface area contributed by atoms with E-state index in [0.717, 1.165) is 23.1 Å². The van der Waals surface area contributed by atoms with E-state index in [-0.39, 0.29) is 5.92 Å². The van der Waals surface area contributed by atoms with Gasteiger partial charge in [-0.1, -0.05) is 85.8 Å². The Kier molecular flexibility index (Phi) is 6.58. The fraction of sp³-hybridized carbons (Fsp3) is 0.167. The Hall–Kier alpha value is -3.40. The highest BCUT2D eigenvalue weighted by molar-refractivity contribution is 6.39. The molecule has 0 heterocycles. The second kappa shape index (κ2) is 9.51. The molecule has 4 nitrogen and oxygen atoms in total. The van der Waals surface area contributed by atoms with Gasteiger partial charge in [-0.15, -0.1) is 0 Å². The summed E-state index contributed by atoms with van der Waals surface area (Å²) in [5.74, 6) is -1.31. The van der Waals surface area contributed by atoms with Gasteiger partial charge in [0.05, 0.1) is 0 Å². The van der Waals surface area contributed by atoms with E-state index in [1.807, 2.05) is 85.8 Å². The van der Waals surface area contributed by atoms with Crippen molar-refractivity contribution in [2.45, 2.75) is 19.3 Å². The Balaban J connectivity index is 1.69. The summed E-state index contributed by atoms with van der Waals surface area (Å²) in [5.41, 5.74) is 3.85. The maximum Gasteiger partial charge on any atom is 0.313 e. The molecule has 4 heteroatoms. The van der Waals surface area contributed by atoms with Crippen LogP contribution in [0.3, 0.4) is 0 Å². The lowest BCUT2D eigenvalue weighted by atomic mass is 9.91. The Morgan fingerprint density at radius 1 is 0.750 bits per heavy atom. The molecule has 0 saturated heterocycles. The molecular formula is C24H24N2O2. The lowest BCUT2D eigenvalue weighted by Crippen LogP contribution is -2.38. The predicted octanol–water partition coefficient (Wildman–Crippen LogP) is 4.14. The summed E-state index contributed by atoms with van der Waals surface area (Å²) in [7, 11) is 0. The van der Waals surface area contributed by atoms with Crippen molar-refractivity contribution in [1.29, 1.82) is 0 Å². The van der Waals surface area contributed by atoms with E-state index in [2.05, 4.69) is 10.6 Å². The van der Waals surface area contributed by atoms with Gasteiger partial charge < -0.3 is 10.6 Å². The third-order valence-corrected chi connectivity index (χ3v) is 4.72. The number of anilines is 1. The maximum absolute atomic E-state index is 12.4. The number of carbonyl (C=O) groups is 2. The molecule has 0 aliphatic rings. The molecular weight excluding hydrogens is 348 g/mol. The minimum atomic E-state index is -0.652. The number of amides is 2. The number of aryl methyl sites for hydroxylation is 1. The minimum absolute atomic E-state index is 0.0259. The molecule has 0 saturated carbocycles. The highest BCUT2D eigenvalue weighted by Crippen LogP contribution is 2.23. The van der Waals surface area contributed by atoms with Crippen molar-refractivity contribution in [2.75, 3.05) is 11.9 Å². The summed E-state index contributed by atoms with van der Waals surface area (Å²) in [4.78, 5) is 24.7. The van der Waals surface area contributed by atoms with Crippen LogP contribution in [-0.2, 0) is 16.0 Å². The number of hydrogen-bond acceptors (Lipinski definition) is 2. The highest BCUT2D eigenvalue weighted by Gasteiger charge is 2.19. The van der Waals surface area contributed by atoms with Gasteiger partial charge in [-0.05, 0) is 29.2 Å². The summed E-state index contributed by atoms with van der Waals surface area (Å²) in [6.45, 7) is 2.35. The van der Waals surface area contributed by atoms with Crippen LogP contribution in [0.2, 0.25) is 0 Å². The van der Waals surface area contributed by atoms with Crippen LogP contribution in [0.25, 0.3) is 0 Å². The van der Waals surface area contributed by atoms with E-state index in [4.69, 9.17) is 0 Å². The van der Waals surface area contributed by atoms with Crippen molar-refractivity contribution in [1.82, 2.24) is 5.32 Å². The first kappa shape index (κ1) is 19.4. The molecule has 0 fully saturated rings. The van der Waals surface area contributed by atoms with E-state index < -0.39 is 11.8 Å². The van der Waals surface area contributed by atoms with Gasteiger partial charge in [0.1, 0.15) is 0 Å². The zero-order chi connectivity index (χ0) is 19.8. The van der Waals surface area contributed by atoms with Crippen molar-refractivity contribution < 1.29 is 9.59 Å². The summed E-state index contributed by atoms with van der Waals surface area (Å²) >= 11 is 0. The quantitative estimate of drug-likeness (QED) is 0.639. The third-order valence-electron chi connectivity index (χ3n) is 4.72. The molecule has 0 aliphatic heterocycles. The van der Waals surface area contributed by atoms with Crippen molar-refractivity contribution in [2.24, 2.45) is 0 Å². The molecule has 0 aliphatic carbocycles. The monoisotopic (exact) mass is 372 g/mol. The molecule has 142 valence electrons. The second-order valence-corrected chi connectivity index (χ2v) is 6.55. The van der Waals surface area contributed by atoms with E-state index in [1.54, 1.807) is 6.07 Å². The van der Waals surface area contributed by atoms with Crippen molar-refractivity contribution in [3.63, 3.8) is 0 Å². The van der Waals surface area contributed by atoms with Crippen LogP contribution < -0.4 is 10.6 Å². The van der Waals surface area contributed by atoms with Crippen molar-refractivity contribution in [3.8, 4) is 0 Å². The number of nitrogens with one attached hydrogen (secondary N) is 2. The van der Waals surface area contributed by atoms with Crippen LogP contribution in [0, 0.1) is 0 Å². The molecule has 0 aromatic heterocycles. The molecule has 3 aromatic carbocycles. The topological polar surface area (TPSA) is 58.2 Å². The molecule has 0 radical (unpaired) electrons. The first-order valence-corrected chi connectivity index (χ1v) is 9.46. The van der Waals surface area contributed by atoms with E-state index in [9.17, 15) is 9.59 Å². The van der Waals surface area contributed by atoms with Crippen molar-refractivity contribution >= 4 is 17.5 Å². The van der Waals surface area contributed by atoms with Crippen LogP contribution in [0.5, 0.6) is 0 Å². The molecule has 0 bridgehead atoms.